The summed E-state index contributed by atoms with van der Waals surface area (Å²) < 4.78 is 0. The van der Waals surface area contributed by atoms with Crippen LogP contribution in [0.2, 0.25) is 0 Å². The fraction of sp³-hybridized carbons (Fsp3) is 0.115. The summed E-state index contributed by atoms with van der Waals surface area (Å²) >= 11 is 0. The minimum absolute atomic E-state index is 0.0871. The lowest BCUT2D eigenvalue weighted by Gasteiger charge is -2.21. The number of rotatable bonds is 2. The molecule has 5 nitrogen and oxygen atoms in total. The predicted molar refractivity (Wildman–Crippen MR) is 123 cm³/mol. The van der Waals surface area contributed by atoms with Gasteiger partial charge in [-0.2, -0.15) is 0 Å². The molecule has 0 unspecified atom stereocenters. The van der Waals surface area contributed by atoms with E-state index in [9.17, 15) is 10.1 Å². The van der Waals surface area contributed by atoms with Crippen LogP contribution < -0.4 is 0 Å². The van der Waals surface area contributed by atoms with Gasteiger partial charge in [0.05, 0.1) is 21.8 Å². The van der Waals surface area contributed by atoms with Gasteiger partial charge in [0.2, 0.25) is 0 Å². The van der Waals surface area contributed by atoms with E-state index in [1.807, 2.05) is 18.2 Å². The summed E-state index contributed by atoms with van der Waals surface area (Å²) in [5.41, 5.74) is 9.78. The fourth-order valence-electron chi connectivity index (χ4n) is 4.87. The molecule has 0 saturated heterocycles. The number of aromatic nitrogens is 2. The molecule has 2 aromatic heterocycles. The number of benzene rings is 3. The Balaban J connectivity index is 1.72. The largest absolute Gasteiger partial charge is 0.353 e. The Morgan fingerprint density at radius 1 is 0.935 bits per heavy atom. The Hall–Kier alpha value is -3.99. The SMILES string of the molecule is Cc1ccc2c3c([nH]c2c1)-c1nc2ccc([N+](=O)[O-])cc2c(-c2ccccc2)c1CC3. The van der Waals surface area contributed by atoms with Gasteiger partial charge in [0.25, 0.3) is 5.69 Å². The van der Waals surface area contributed by atoms with E-state index in [4.69, 9.17) is 4.98 Å². The van der Waals surface area contributed by atoms with Crippen molar-refractivity contribution in [3.05, 3.63) is 93.5 Å². The molecule has 1 aliphatic rings. The highest BCUT2D eigenvalue weighted by atomic mass is 16.6. The van der Waals surface area contributed by atoms with Crippen LogP contribution >= 0.6 is 0 Å². The Kier molecular flexibility index (Phi) is 3.74. The van der Waals surface area contributed by atoms with Crippen molar-refractivity contribution in [3.8, 4) is 22.5 Å². The Morgan fingerprint density at radius 2 is 1.74 bits per heavy atom. The lowest BCUT2D eigenvalue weighted by molar-refractivity contribution is -0.384. The van der Waals surface area contributed by atoms with Gasteiger partial charge in [0.15, 0.2) is 0 Å². The van der Waals surface area contributed by atoms with Crippen LogP contribution in [0.3, 0.4) is 0 Å². The van der Waals surface area contributed by atoms with E-state index in [1.165, 1.54) is 22.6 Å². The van der Waals surface area contributed by atoms with Crippen molar-refractivity contribution >= 4 is 27.5 Å². The first-order valence-corrected chi connectivity index (χ1v) is 10.4. The van der Waals surface area contributed by atoms with Gasteiger partial charge in [-0.05, 0) is 59.7 Å². The van der Waals surface area contributed by atoms with Gasteiger partial charge in [-0.25, -0.2) is 4.98 Å². The maximum atomic E-state index is 11.5. The van der Waals surface area contributed by atoms with Crippen LogP contribution in [0, 0.1) is 17.0 Å². The highest BCUT2D eigenvalue weighted by Crippen LogP contribution is 2.43. The van der Waals surface area contributed by atoms with Gasteiger partial charge >= 0.3 is 0 Å². The average Bonchev–Trinajstić information content (AvgIpc) is 3.15. The van der Waals surface area contributed by atoms with Crippen LogP contribution in [-0.4, -0.2) is 14.9 Å². The molecule has 150 valence electrons. The number of aryl methyl sites for hydroxylation is 2. The maximum absolute atomic E-state index is 11.5. The van der Waals surface area contributed by atoms with Crippen LogP contribution in [0.4, 0.5) is 5.69 Å². The Labute approximate surface area is 178 Å². The molecule has 0 saturated carbocycles. The number of hydrogen-bond acceptors (Lipinski definition) is 3. The Bertz CT molecular complexity index is 1520. The normalized spacial score (nSPS) is 12.7. The summed E-state index contributed by atoms with van der Waals surface area (Å²) in [6.07, 6.45) is 1.76. The van der Waals surface area contributed by atoms with Crippen molar-refractivity contribution in [2.75, 3.05) is 0 Å². The van der Waals surface area contributed by atoms with Crippen LogP contribution in [0.15, 0.2) is 66.7 Å². The molecule has 6 rings (SSSR count). The van der Waals surface area contributed by atoms with E-state index in [0.717, 1.165) is 57.3 Å². The molecular formula is C26H19N3O2. The molecule has 0 spiro atoms. The summed E-state index contributed by atoms with van der Waals surface area (Å²) in [5.74, 6) is 0. The van der Waals surface area contributed by atoms with Gasteiger partial charge in [-0.1, -0.05) is 42.5 Å². The van der Waals surface area contributed by atoms with Crippen molar-refractivity contribution in [2.45, 2.75) is 19.8 Å². The summed E-state index contributed by atoms with van der Waals surface area (Å²) in [6, 6.07) is 21.6. The first-order chi connectivity index (χ1) is 15.1. The number of non-ortho nitro benzene ring substituents is 1. The third kappa shape index (κ3) is 2.66. The summed E-state index contributed by atoms with van der Waals surface area (Å²) in [7, 11) is 0. The molecule has 5 aromatic rings. The van der Waals surface area contributed by atoms with E-state index in [0.29, 0.717) is 0 Å². The van der Waals surface area contributed by atoms with Gasteiger partial charge in [-0.3, -0.25) is 10.1 Å². The summed E-state index contributed by atoms with van der Waals surface area (Å²) in [6.45, 7) is 2.10. The minimum atomic E-state index is -0.341. The molecule has 0 bridgehead atoms. The number of aromatic amines is 1. The zero-order chi connectivity index (χ0) is 21.1. The highest BCUT2D eigenvalue weighted by molar-refractivity contribution is 6.02. The average molecular weight is 405 g/mol. The molecule has 0 fully saturated rings. The molecular weight excluding hydrogens is 386 g/mol. The standard InChI is InChI=1S/C26H19N3O2/c1-15-7-9-18-19-10-11-20-24(16-5-3-2-4-6-16)21-14-17(29(30)31)8-12-22(21)27-26(20)25(19)28-23(18)13-15/h2-9,12-14,28H,10-11H2,1H3. The number of H-pyrrole nitrogens is 1. The molecule has 0 amide bonds. The second kappa shape index (κ2) is 6.51. The second-order valence-corrected chi connectivity index (χ2v) is 8.17. The smallest absolute Gasteiger partial charge is 0.270 e. The minimum Gasteiger partial charge on any atom is -0.353 e. The van der Waals surface area contributed by atoms with Crippen LogP contribution in [-0.2, 0) is 12.8 Å². The van der Waals surface area contributed by atoms with Gasteiger partial charge in [0, 0.05) is 28.4 Å². The molecule has 3 aromatic carbocycles. The van der Waals surface area contributed by atoms with Crippen LogP contribution in [0.5, 0.6) is 0 Å². The van der Waals surface area contributed by atoms with Gasteiger partial charge in [-0.15, -0.1) is 0 Å². The number of fused-ring (bicyclic) bond motifs is 6. The van der Waals surface area contributed by atoms with Crippen molar-refractivity contribution in [2.24, 2.45) is 0 Å². The van der Waals surface area contributed by atoms with E-state index in [2.05, 4.69) is 42.2 Å². The van der Waals surface area contributed by atoms with E-state index in [-0.39, 0.29) is 10.6 Å². The summed E-state index contributed by atoms with van der Waals surface area (Å²) in [4.78, 5) is 19.7. The predicted octanol–water partition coefficient (Wildman–Crippen LogP) is 6.37. The van der Waals surface area contributed by atoms with Crippen molar-refractivity contribution < 1.29 is 4.92 Å². The number of nitrogens with zero attached hydrogens (tertiary/aromatic N) is 2. The zero-order valence-electron chi connectivity index (χ0n) is 17.0. The monoisotopic (exact) mass is 405 g/mol. The number of nitro groups is 1. The van der Waals surface area contributed by atoms with Crippen molar-refractivity contribution in [1.82, 2.24) is 9.97 Å². The number of nitrogens with one attached hydrogen (secondary N) is 1. The second-order valence-electron chi connectivity index (χ2n) is 8.17. The zero-order valence-corrected chi connectivity index (χ0v) is 17.0. The topological polar surface area (TPSA) is 71.8 Å². The lowest BCUT2D eigenvalue weighted by atomic mass is 9.85. The van der Waals surface area contributed by atoms with Crippen LogP contribution in [0.25, 0.3) is 44.3 Å². The van der Waals surface area contributed by atoms with E-state index >= 15 is 0 Å². The lowest BCUT2D eigenvalue weighted by Crippen LogP contribution is -2.08. The molecule has 0 atom stereocenters. The molecule has 1 aliphatic carbocycles. The highest BCUT2D eigenvalue weighted by Gasteiger charge is 2.27. The first-order valence-electron chi connectivity index (χ1n) is 10.4. The number of hydrogen-bond donors (Lipinski definition) is 1. The molecule has 0 radical (unpaired) electrons. The number of nitro benzene ring substituents is 1. The van der Waals surface area contributed by atoms with Crippen LogP contribution in [0.1, 0.15) is 16.7 Å². The van der Waals surface area contributed by atoms with Crippen molar-refractivity contribution in [1.29, 1.82) is 0 Å². The third-order valence-corrected chi connectivity index (χ3v) is 6.27. The van der Waals surface area contributed by atoms with Crippen molar-refractivity contribution in [3.63, 3.8) is 0 Å². The van der Waals surface area contributed by atoms with Gasteiger partial charge in [0.1, 0.15) is 0 Å². The molecule has 5 heteroatoms. The number of pyridine rings is 1. The molecule has 1 N–H and O–H groups in total. The van der Waals surface area contributed by atoms with Gasteiger partial charge < -0.3 is 4.98 Å². The molecule has 31 heavy (non-hydrogen) atoms. The first kappa shape index (κ1) is 17.8. The van der Waals surface area contributed by atoms with E-state index in [1.54, 1.807) is 12.1 Å². The third-order valence-electron chi connectivity index (χ3n) is 6.27. The summed E-state index contributed by atoms with van der Waals surface area (Å²) in [5, 5.41) is 13.5. The maximum Gasteiger partial charge on any atom is 0.270 e. The van der Waals surface area contributed by atoms with E-state index < -0.39 is 0 Å². The Morgan fingerprint density at radius 3 is 2.55 bits per heavy atom. The quantitative estimate of drug-likeness (QED) is 0.274. The molecule has 0 aliphatic heterocycles. The fourth-order valence-corrected chi connectivity index (χ4v) is 4.87. The molecule has 2 heterocycles.